The summed E-state index contributed by atoms with van der Waals surface area (Å²) in [5, 5.41) is 0.241. The summed E-state index contributed by atoms with van der Waals surface area (Å²) >= 11 is 6.18. The summed E-state index contributed by atoms with van der Waals surface area (Å²) < 4.78 is 20.4. The summed E-state index contributed by atoms with van der Waals surface area (Å²) in [6, 6.07) is 15.7. The first-order chi connectivity index (χ1) is 16.0. The zero-order valence-electron chi connectivity index (χ0n) is 17.8. The number of fused-ring (bicyclic) bond motifs is 2. The third kappa shape index (κ3) is 3.74. The number of para-hydroxylation sites is 1. The highest BCUT2D eigenvalue weighted by atomic mass is 35.5. The fraction of sp³-hybridized carbons (Fsp3) is 0.231. The van der Waals surface area contributed by atoms with E-state index in [9.17, 15) is 14.0 Å². The molecule has 5 nitrogen and oxygen atoms in total. The third-order valence-electron chi connectivity index (χ3n) is 6.40. The van der Waals surface area contributed by atoms with E-state index in [0.717, 1.165) is 5.56 Å². The molecule has 1 heterocycles. The van der Waals surface area contributed by atoms with Crippen LogP contribution in [-0.2, 0) is 17.6 Å². The average molecular weight is 465 g/mol. The highest BCUT2D eigenvalue weighted by Crippen LogP contribution is 2.44. The fourth-order valence-corrected chi connectivity index (χ4v) is 5.18. The number of rotatable bonds is 5. The smallest absolute Gasteiger partial charge is 0.259 e. The van der Waals surface area contributed by atoms with Crippen LogP contribution in [0, 0.1) is 5.82 Å². The number of amides is 2. The van der Waals surface area contributed by atoms with Crippen LogP contribution in [0.4, 0.5) is 4.39 Å². The highest BCUT2D eigenvalue weighted by Gasteiger charge is 2.41. The lowest BCUT2D eigenvalue weighted by atomic mass is 9.97. The zero-order chi connectivity index (χ0) is 23.1. The number of halogens is 2. The Labute approximate surface area is 195 Å². The summed E-state index contributed by atoms with van der Waals surface area (Å²) in [5.74, 6) is -0.940. The van der Waals surface area contributed by atoms with Crippen LogP contribution in [0.25, 0.3) is 0 Å². The highest BCUT2D eigenvalue weighted by molar-refractivity contribution is 6.30. The summed E-state index contributed by atoms with van der Waals surface area (Å²) in [6.07, 6.45) is 1.59. The molecule has 7 heteroatoms. The minimum atomic E-state index is -1.05. The molecule has 5 rings (SSSR count). The molecular formula is C26H22ClFN2O3. The molecule has 0 saturated carbocycles. The van der Waals surface area contributed by atoms with Crippen LogP contribution in [0.15, 0.2) is 60.7 Å². The molecular weight excluding hydrogens is 443 g/mol. The van der Waals surface area contributed by atoms with E-state index >= 15 is 0 Å². The van der Waals surface area contributed by atoms with E-state index in [1.54, 1.807) is 42.5 Å². The molecule has 2 N–H and O–H groups in total. The number of nitrogens with two attached hydrogens (primary N) is 1. The second-order valence-electron chi connectivity index (χ2n) is 8.33. The molecule has 1 aliphatic carbocycles. The van der Waals surface area contributed by atoms with Crippen molar-refractivity contribution >= 4 is 23.4 Å². The summed E-state index contributed by atoms with van der Waals surface area (Å²) in [7, 11) is 0. The molecule has 0 fully saturated rings. The van der Waals surface area contributed by atoms with E-state index in [2.05, 4.69) is 0 Å². The van der Waals surface area contributed by atoms with Crippen molar-refractivity contribution in [1.29, 1.82) is 0 Å². The summed E-state index contributed by atoms with van der Waals surface area (Å²) in [4.78, 5) is 28.4. The third-order valence-corrected chi connectivity index (χ3v) is 6.62. The molecule has 0 saturated heterocycles. The Balaban J connectivity index is 1.68. The van der Waals surface area contributed by atoms with Gasteiger partial charge >= 0.3 is 0 Å². The second kappa shape index (κ2) is 8.52. The van der Waals surface area contributed by atoms with Gasteiger partial charge in [0.05, 0.1) is 18.2 Å². The van der Waals surface area contributed by atoms with E-state index in [1.807, 2.05) is 12.1 Å². The molecule has 2 atom stereocenters. The molecule has 3 aromatic carbocycles. The van der Waals surface area contributed by atoms with Gasteiger partial charge in [-0.2, -0.15) is 0 Å². The van der Waals surface area contributed by atoms with Gasteiger partial charge < -0.3 is 15.4 Å². The maximum atomic E-state index is 14.7. The Morgan fingerprint density at radius 1 is 1.09 bits per heavy atom. The molecule has 0 unspecified atom stereocenters. The molecule has 1 aliphatic heterocycles. The van der Waals surface area contributed by atoms with Gasteiger partial charge in [-0.05, 0) is 53.3 Å². The SMILES string of the molecule is NC(=O)[C@@H](c1ccccc1)N(C(=O)c1cccc2c1OCC2)[C@@H]1CCc2c(F)cc(Cl)cc21. The molecule has 0 aromatic heterocycles. The van der Waals surface area contributed by atoms with Crippen LogP contribution < -0.4 is 10.5 Å². The molecule has 33 heavy (non-hydrogen) atoms. The quantitative estimate of drug-likeness (QED) is 0.591. The summed E-state index contributed by atoms with van der Waals surface area (Å²) in [6.45, 7) is 0.491. The van der Waals surface area contributed by atoms with Crippen LogP contribution in [0.1, 0.15) is 51.1 Å². The molecule has 0 bridgehead atoms. The predicted molar refractivity (Wildman–Crippen MR) is 123 cm³/mol. The van der Waals surface area contributed by atoms with Gasteiger partial charge in [-0.25, -0.2) is 4.39 Å². The lowest BCUT2D eigenvalue weighted by Crippen LogP contribution is -2.43. The molecule has 2 aliphatic rings. The van der Waals surface area contributed by atoms with Crippen molar-refractivity contribution in [2.24, 2.45) is 5.73 Å². The van der Waals surface area contributed by atoms with Crippen molar-refractivity contribution in [2.75, 3.05) is 6.61 Å². The fourth-order valence-electron chi connectivity index (χ4n) is 4.97. The predicted octanol–water partition coefficient (Wildman–Crippen LogP) is 4.77. The lowest BCUT2D eigenvalue weighted by Gasteiger charge is -2.36. The van der Waals surface area contributed by atoms with Crippen LogP contribution in [0.3, 0.4) is 0 Å². The monoisotopic (exact) mass is 464 g/mol. The molecule has 168 valence electrons. The normalized spacial score (nSPS) is 17.1. The summed E-state index contributed by atoms with van der Waals surface area (Å²) in [5.41, 5.74) is 8.88. The number of primary amides is 1. The van der Waals surface area contributed by atoms with Gasteiger partial charge in [0.25, 0.3) is 5.91 Å². The van der Waals surface area contributed by atoms with Gasteiger partial charge in [-0.1, -0.05) is 54.1 Å². The minimum Gasteiger partial charge on any atom is -0.492 e. The Morgan fingerprint density at radius 2 is 1.88 bits per heavy atom. The van der Waals surface area contributed by atoms with Crippen molar-refractivity contribution < 1.29 is 18.7 Å². The first-order valence-electron chi connectivity index (χ1n) is 10.8. The standard InChI is InChI=1S/C26H22ClFN2O3/c27-17-13-20-18(21(28)14-17)9-10-22(20)30(23(25(29)31)15-5-2-1-3-6-15)26(32)19-8-4-7-16-11-12-33-24(16)19/h1-8,13-14,22-23H,9-12H2,(H2,29,31)/t22-,23-/m1/s1. The van der Waals surface area contributed by atoms with E-state index in [0.29, 0.717) is 53.9 Å². The van der Waals surface area contributed by atoms with Gasteiger partial charge in [0.2, 0.25) is 5.91 Å². The van der Waals surface area contributed by atoms with Crippen molar-refractivity contribution in [2.45, 2.75) is 31.3 Å². The number of benzene rings is 3. The topological polar surface area (TPSA) is 72.6 Å². The first kappa shape index (κ1) is 21.5. The molecule has 0 spiro atoms. The Hall–Kier alpha value is -3.38. The van der Waals surface area contributed by atoms with Gasteiger partial charge in [0, 0.05) is 11.4 Å². The number of ether oxygens (including phenoxy) is 1. The number of carbonyl (C=O) groups excluding carboxylic acids is 2. The molecule has 3 aromatic rings. The number of hydrogen-bond acceptors (Lipinski definition) is 3. The van der Waals surface area contributed by atoms with E-state index < -0.39 is 23.8 Å². The Kier molecular flexibility index (Phi) is 5.54. The number of hydrogen-bond donors (Lipinski definition) is 1. The van der Waals surface area contributed by atoms with Crippen molar-refractivity contribution in [1.82, 2.24) is 4.90 Å². The van der Waals surface area contributed by atoms with Gasteiger partial charge in [0.1, 0.15) is 17.6 Å². The van der Waals surface area contributed by atoms with Crippen molar-refractivity contribution in [3.8, 4) is 5.75 Å². The Morgan fingerprint density at radius 3 is 2.64 bits per heavy atom. The van der Waals surface area contributed by atoms with Gasteiger partial charge in [-0.3, -0.25) is 9.59 Å². The largest absolute Gasteiger partial charge is 0.492 e. The Bertz CT molecular complexity index is 1250. The molecule has 0 radical (unpaired) electrons. The van der Waals surface area contributed by atoms with Crippen LogP contribution in [0.2, 0.25) is 5.02 Å². The maximum absolute atomic E-state index is 14.7. The molecule has 2 amide bonds. The van der Waals surface area contributed by atoms with E-state index in [1.165, 1.54) is 11.0 Å². The minimum absolute atomic E-state index is 0.241. The zero-order valence-corrected chi connectivity index (χ0v) is 18.5. The van der Waals surface area contributed by atoms with Crippen LogP contribution >= 0.6 is 11.6 Å². The van der Waals surface area contributed by atoms with Crippen LogP contribution in [-0.4, -0.2) is 23.3 Å². The van der Waals surface area contributed by atoms with Crippen molar-refractivity contribution in [3.05, 3.63) is 99.3 Å². The lowest BCUT2D eigenvalue weighted by molar-refractivity contribution is -0.123. The number of carbonyl (C=O) groups is 2. The second-order valence-corrected chi connectivity index (χ2v) is 8.77. The maximum Gasteiger partial charge on any atom is 0.259 e. The van der Waals surface area contributed by atoms with Crippen molar-refractivity contribution in [3.63, 3.8) is 0 Å². The average Bonchev–Trinajstić information content (AvgIpc) is 3.44. The van der Waals surface area contributed by atoms with E-state index in [-0.39, 0.29) is 10.9 Å². The van der Waals surface area contributed by atoms with E-state index in [4.69, 9.17) is 22.1 Å². The first-order valence-corrected chi connectivity index (χ1v) is 11.2. The van der Waals surface area contributed by atoms with Gasteiger partial charge in [0.15, 0.2) is 0 Å². The van der Waals surface area contributed by atoms with Gasteiger partial charge in [-0.15, -0.1) is 0 Å². The van der Waals surface area contributed by atoms with Crippen LogP contribution in [0.5, 0.6) is 5.75 Å². The number of nitrogens with zero attached hydrogens (tertiary/aromatic N) is 1.